The van der Waals surface area contributed by atoms with Gasteiger partial charge < -0.3 is 9.84 Å². The molecule has 2 aromatic carbocycles. The van der Waals surface area contributed by atoms with Crippen molar-refractivity contribution in [3.05, 3.63) is 82.5 Å². The molecule has 0 radical (unpaired) electrons. The van der Waals surface area contributed by atoms with Gasteiger partial charge in [0, 0.05) is 37.4 Å². The molecule has 0 atom stereocenters. The van der Waals surface area contributed by atoms with E-state index in [0.717, 1.165) is 43.9 Å². The largest absolute Gasteiger partial charge is 0.348 e. The van der Waals surface area contributed by atoms with Gasteiger partial charge in [0.2, 0.25) is 5.82 Å². The summed E-state index contributed by atoms with van der Waals surface area (Å²) in [6.07, 6.45) is 3.73. The van der Waals surface area contributed by atoms with E-state index >= 15 is 0 Å². The first-order chi connectivity index (χ1) is 16.6. The van der Waals surface area contributed by atoms with Crippen molar-refractivity contribution in [1.82, 2.24) is 30.1 Å². The Morgan fingerprint density at radius 3 is 2.76 bits per heavy atom. The van der Waals surface area contributed by atoms with Gasteiger partial charge in [-0.25, -0.2) is 4.68 Å². The Morgan fingerprint density at radius 1 is 1.15 bits per heavy atom. The highest BCUT2D eigenvalue weighted by Crippen LogP contribution is 2.22. The van der Waals surface area contributed by atoms with E-state index in [1.165, 1.54) is 11.1 Å². The number of fused-ring (bicyclic) bond motifs is 1. The van der Waals surface area contributed by atoms with E-state index in [0.29, 0.717) is 23.0 Å². The maximum atomic E-state index is 12.5. The van der Waals surface area contributed by atoms with E-state index in [9.17, 15) is 4.79 Å². The number of halogens is 1. The van der Waals surface area contributed by atoms with Crippen molar-refractivity contribution in [2.75, 3.05) is 19.6 Å². The number of aryl methyl sites for hydroxylation is 1. The molecule has 0 bridgehead atoms. The number of benzene rings is 2. The summed E-state index contributed by atoms with van der Waals surface area (Å²) in [5.74, 6) is -0.0964. The maximum Gasteiger partial charge on any atom is 0.316 e. The lowest BCUT2D eigenvalue weighted by Gasteiger charge is -2.28. The maximum absolute atomic E-state index is 12.5. The molecule has 8 nitrogen and oxygen atoms in total. The zero-order valence-corrected chi connectivity index (χ0v) is 19.6. The third-order valence-electron chi connectivity index (χ3n) is 6.00. The predicted octanol–water partition coefficient (Wildman–Crippen LogP) is 4.06. The van der Waals surface area contributed by atoms with Gasteiger partial charge in [0.05, 0.1) is 16.9 Å². The molecule has 1 amide bonds. The quantitative estimate of drug-likeness (QED) is 0.404. The highest BCUT2D eigenvalue weighted by Gasteiger charge is 2.20. The molecule has 0 aliphatic carbocycles. The van der Waals surface area contributed by atoms with Crippen LogP contribution in [0.1, 0.15) is 33.9 Å². The van der Waals surface area contributed by atoms with Crippen LogP contribution in [0.15, 0.2) is 59.3 Å². The Hall–Kier alpha value is -3.49. The minimum atomic E-state index is -0.370. The number of carbonyl (C=O) groups excluding carboxylic acids is 1. The number of hydrogen-bond acceptors (Lipinski definition) is 6. The summed E-state index contributed by atoms with van der Waals surface area (Å²) in [5.41, 5.74) is 5.12. The highest BCUT2D eigenvalue weighted by atomic mass is 35.5. The molecule has 0 saturated carbocycles. The molecule has 34 heavy (non-hydrogen) atoms. The monoisotopic (exact) mass is 476 g/mol. The van der Waals surface area contributed by atoms with Crippen LogP contribution >= 0.6 is 11.6 Å². The first-order valence-electron chi connectivity index (χ1n) is 11.3. The second kappa shape index (κ2) is 9.79. The fourth-order valence-corrected chi connectivity index (χ4v) is 4.28. The van der Waals surface area contributed by atoms with Gasteiger partial charge in [-0.3, -0.25) is 9.69 Å². The van der Waals surface area contributed by atoms with Crippen molar-refractivity contribution in [2.45, 2.75) is 26.3 Å². The number of amides is 1. The van der Waals surface area contributed by atoms with Gasteiger partial charge in [0.15, 0.2) is 0 Å². The van der Waals surface area contributed by atoms with Crippen molar-refractivity contribution >= 4 is 17.5 Å². The van der Waals surface area contributed by atoms with Crippen LogP contribution in [0.25, 0.3) is 17.1 Å². The van der Waals surface area contributed by atoms with Gasteiger partial charge >= 0.3 is 11.8 Å². The lowest BCUT2D eigenvalue weighted by molar-refractivity contribution is 0.0907. The Bertz CT molecular complexity index is 1300. The predicted molar refractivity (Wildman–Crippen MR) is 129 cm³/mol. The summed E-state index contributed by atoms with van der Waals surface area (Å²) in [5, 5.41) is 12.0. The van der Waals surface area contributed by atoms with E-state index < -0.39 is 0 Å². The number of carbonyl (C=O) groups is 1. The molecule has 2 aromatic heterocycles. The summed E-state index contributed by atoms with van der Waals surface area (Å²) >= 11 is 5.96. The normalized spacial score (nSPS) is 13.6. The van der Waals surface area contributed by atoms with Crippen molar-refractivity contribution in [3.63, 3.8) is 0 Å². The summed E-state index contributed by atoms with van der Waals surface area (Å²) in [6, 6.07) is 15.9. The molecule has 0 fully saturated rings. The Morgan fingerprint density at radius 2 is 1.94 bits per heavy atom. The lowest BCUT2D eigenvalue weighted by Crippen LogP contribution is -2.33. The van der Waals surface area contributed by atoms with Crippen molar-refractivity contribution < 1.29 is 9.32 Å². The SMILES string of the molecule is Cc1nn(-c2ccc(Cl)cc2)cc1-c1noc(C(=O)NCCCN2CCc3ccccc3C2)n1. The minimum Gasteiger partial charge on any atom is -0.348 e. The lowest BCUT2D eigenvalue weighted by atomic mass is 10.00. The van der Waals surface area contributed by atoms with Gasteiger partial charge in [-0.2, -0.15) is 10.1 Å². The summed E-state index contributed by atoms with van der Waals surface area (Å²) in [7, 11) is 0. The first-order valence-corrected chi connectivity index (χ1v) is 11.7. The molecule has 174 valence electrons. The van der Waals surface area contributed by atoms with E-state index in [1.54, 1.807) is 16.8 Å². The van der Waals surface area contributed by atoms with Gasteiger partial charge in [-0.05, 0) is 55.2 Å². The third kappa shape index (κ3) is 4.88. The second-order valence-electron chi connectivity index (χ2n) is 8.38. The Kier molecular flexibility index (Phi) is 6.42. The van der Waals surface area contributed by atoms with Crippen molar-refractivity contribution in [2.24, 2.45) is 0 Å². The molecule has 0 unspecified atom stereocenters. The van der Waals surface area contributed by atoms with E-state index in [1.807, 2.05) is 25.3 Å². The zero-order valence-electron chi connectivity index (χ0n) is 18.9. The molecular weight excluding hydrogens is 452 g/mol. The van der Waals surface area contributed by atoms with Gasteiger partial charge in [-0.15, -0.1) is 0 Å². The molecule has 0 spiro atoms. The molecule has 3 heterocycles. The number of rotatable bonds is 7. The standard InChI is InChI=1S/C25H25ClN6O2/c1-17-22(16-32(29-17)21-9-7-20(26)8-10-21)23-28-25(34-30-23)24(33)27-12-4-13-31-14-11-18-5-2-3-6-19(18)15-31/h2-3,5-10,16H,4,11-15H2,1H3,(H,27,33). The summed E-state index contributed by atoms with van der Waals surface area (Å²) < 4.78 is 6.93. The highest BCUT2D eigenvalue weighted by molar-refractivity contribution is 6.30. The van der Waals surface area contributed by atoms with Crippen LogP contribution in [-0.2, 0) is 13.0 Å². The van der Waals surface area contributed by atoms with Crippen LogP contribution in [-0.4, -0.2) is 50.4 Å². The number of nitrogens with zero attached hydrogens (tertiary/aromatic N) is 5. The molecule has 1 aliphatic heterocycles. The van der Waals surface area contributed by atoms with Crippen molar-refractivity contribution in [1.29, 1.82) is 0 Å². The van der Waals surface area contributed by atoms with Crippen LogP contribution in [0, 0.1) is 6.92 Å². The molecule has 1 aliphatic rings. The summed E-state index contributed by atoms with van der Waals surface area (Å²) in [6.45, 7) is 5.33. The number of aromatic nitrogens is 4. The third-order valence-corrected chi connectivity index (χ3v) is 6.25. The van der Waals surface area contributed by atoms with Crippen molar-refractivity contribution in [3.8, 4) is 17.1 Å². The fraction of sp³-hybridized carbons (Fsp3) is 0.280. The van der Waals surface area contributed by atoms with E-state index in [4.69, 9.17) is 16.1 Å². The molecule has 4 aromatic rings. The van der Waals surface area contributed by atoms with Crippen LogP contribution < -0.4 is 5.32 Å². The number of nitrogens with one attached hydrogen (secondary N) is 1. The van der Waals surface area contributed by atoms with E-state index in [2.05, 4.69) is 49.7 Å². The average Bonchev–Trinajstić information content (AvgIpc) is 3.49. The second-order valence-corrected chi connectivity index (χ2v) is 8.81. The molecular formula is C25H25ClN6O2. The topological polar surface area (TPSA) is 89.1 Å². The molecule has 5 rings (SSSR count). The van der Waals surface area contributed by atoms with Crippen LogP contribution in [0.2, 0.25) is 5.02 Å². The molecule has 0 saturated heterocycles. The first kappa shape index (κ1) is 22.3. The zero-order chi connectivity index (χ0) is 23.5. The van der Waals surface area contributed by atoms with Gasteiger partial charge in [0.1, 0.15) is 0 Å². The Balaban J connectivity index is 1.15. The Labute approximate surface area is 202 Å². The number of hydrogen-bond donors (Lipinski definition) is 1. The average molecular weight is 477 g/mol. The van der Waals surface area contributed by atoms with Crippen LogP contribution in [0.5, 0.6) is 0 Å². The fourth-order valence-electron chi connectivity index (χ4n) is 4.16. The molecule has 9 heteroatoms. The minimum absolute atomic E-state index is 0.0551. The summed E-state index contributed by atoms with van der Waals surface area (Å²) in [4.78, 5) is 19.2. The smallest absolute Gasteiger partial charge is 0.316 e. The van der Waals surface area contributed by atoms with Gasteiger partial charge in [0.25, 0.3) is 0 Å². The van der Waals surface area contributed by atoms with Crippen LogP contribution in [0.4, 0.5) is 0 Å². The molecule has 1 N–H and O–H groups in total. The van der Waals surface area contributed by atoms with Crippen LogP contribution in [0.3, 0.4) is 0 Å². The van der Waals surface area contributed by atoms with Gasteiger partial charge in [-0.1, -0.05) is 41.0 Å². The van der Waals surface area contributed by atoms with E-state index in [-0.39, 0.29) is 11.8 Å².